The van der Waals surface area contributed by atoms with Crippen LogP contribution in [-0.4, -0.2) is 21.0 Å². The Morgan fingerprint density at radius 2 is 2.28 bits per heavy atom. The number of amides is 1. The molecule has 0 aliphatic carbocycles. The first kappa shape index (κ1) is 12.3. The Balaban J connectivity index is 2.05. The monoisotopic (exact) mass is 264 g/mol. The third-order valence-corrected chi connectivity index (χ3v) is 2.90. The Hall–Kier alpha value is -2.15. The minimum atomic E-state index is -0.297. The smallest absolute Gasteiger partial charge is 0.231 e. The van der Waals surface area contributed by atoms with Gasteiger partial charge in [0.05, 0.1) is 12.1 Å². The molecular formula is C11H12N4O2S. The summed E-state index contributed by atoms with van der Waals surface area (Å²) < 4.78 is 0. The van der Waals surface area contributed by atoms with Crippen molar-refractivity contribution in [2.45, 2.75) is 13.3 Å². The van der Waals surface area contributed by atoms with Crippen molar-refractivity contribution in [3.05, 3.63) is 28.9 Å². The summed E-state index contributed by atoms with van der Waals surface area (Å²) in [6, 6.07) is 3.14. The fourth-order valence-electron chi connectivity index (χ4n) is 1.39. The van der Waals surface area contributed by atoms with E-state index < -0.39 is 0 Å². The summed E-state index contributed by atoms with van der Waals surface area (Å²) in [7, 11) is 0. The van der Waals surface area contributed by atoms with Crippen LogP contribution in [0.5, 0.6) is 5.75 Å². The fourth-order valence-corrected chi connectivity index (χ4v) is 1.95. The SMILES string of the molecule is Cc1ccc(O)c(NC(=O)Cc2csc(N)n2)n1. The third kappa shape index (κ3) is 2.95. The first-order valence-corrected chi connectivity index (χ1v) is 6.09. The number of pyridine rings is 1. The lowest BCUT2D eigenvalue weighted by molar-refractivity contribution is -0.115. The van der Waals surface area contributed by atoms with E-state index in [9.17, 15) is 9.90 Å². The highest BCUT2D eigenvalue weighted by Gasteiger charge is 2.10. The lowest BCUT2D eigenvalue weighted by atomic mass is 10.3. The number of thiazole rings is 1. The van der Waals surface area contributed by atoms with Gasteiger partial charge in [0.2, 0.25) is 5.91 Å². The normalized spacial score (nSPS) is 10.3. The Kier molecular flexibility index (Phi) is 3.42. The van der Waals surface area contributed by atoms with Crippen molar-refractivity contribution >= 4 is 28.2 Å². The molecule has 0 aliphatic rings. The summed E-state index contributed by atoms with van der Waals surface area (Å²) in [6.07, 6.45) is 0.1000. The Bertz CT molecular complexity index is 582. The summed E-state index contributed by atoms with van der Waals surface area (Å²) in [4.78, 5) is 19.7. The van der Waals surface area contributed by atoms with E-state index in [0.717, 1.165) is 0 Å². The van der Waals surface area contributed by atoms with E-state index >= 15 is 0 Å². The lowest BCUT2D eigenvalue weighted by Gasteiger charge is -2.06. The summed E-state index contributed by atoms with van der Waals surface area (Å²) in [6.45, 7) is 1.77. The van der Waals surface area contributed by atoms with Crippen LogP contribution in [0, 0.1) is 6.92 Å². The number of rotatable bonds is 3. The third-order valence-electron chi connectivity index (χ3n) is 2.18. The van der Waals surface area contributed by atoms with Crippen molar-refractivity contribution in [3.63, 3.8) is 0 Å². The maximum Gasteiger partial charge on any atom is 0.231 e. The van der Waals surface area contributed by atoms with Crippen molar-refractivity contribution in [3.8, 4) is 5.75 Å². The van der Waals surface area contributed by atoms with Crippen LogP contribution < -0.4 is 11.1 Å². The van der Waals surface area contributed by atoms with E-state index in [0.29, 0.717) is 16.5 Å². The molecule has 0 radical (unpaired) electrons. The van der Waals surface area contributed by atoms with Crippen LogP contribution in [0.2, 0.25) is 0 Å². The molecule has 2 aromatic rings. The zero-order chi connectivity index (χ0) is 13.1. The number of nitrogens with one attached hydrogen (secondary N) is 1. The van der Waals surface area contributed by atoms with Crippen molar-refractivity contribution in [2.75, 3.05) is 11.1 Å². The largest absolute Gasteiger partial charge is 0.504 e. The van der Waals surface area contributed by atoms with E-state index in [1.807, 2.05) is 0 Å². The quantitative estimate of drug-likeness (QED) is 0.776. The second-order valence-corrected chi connectivity index (χ2v) is 4.61. The van der Waals surface area contributed by atoms with Gasteiger partial charge in [-0.1, -0.05) is 0 Å². The average molecular weight is 264 g/mol. The van der Waals surface area contributed by atoms with E-state index in [4.69, 9.17) is 5.73 Å². The first-order valence-electron chi connectivity index (χ1n) is 5.21. The van der Waals surface area contributed by atoms with Crippen LogP contribution in [-0.2, 0) is 11.2 Å². The van der Waals surface area contributed by atoms with Gasteiger partial charge in [0.1, 0.15) is 0 Å². The summed E-state index contributed by atoms with van der Waals surface area (Å²) >= 11 is 1.28. The predicted molar refractivity (Wildman–Crippen MR) is 69.5 cm³/mol. The number of anilines is 2. The highest BCUT2D eigenvalue weighted by molar-refractivity contribution is 7.13. The van der Waals surface area contributed by atoms with Crippen molar-refractivity contribution in [2.24, 2.45) is 0 Å². The van der Waals surface area contributed by atoms with Gasteiger partial charge >= 0.3 is 0 Å². The van der Waals surface area contributed by atoms with Crippen LogP contribution >= 0.6 is 11.3 Å². The van der Waals surface area contributed by atoms with E-state index in [1.165, 1.54) is 17.4 Å². The number of nitrogens with two attached hydrogens (primary N) is 1. The molecule has 2 heterocycles. The van der Waals surface area contributed by atoms with Crippen LogP contribution in [0.25, 0.3) is 0 Å². The molecule has 0 aliphatic heterocycles. The van der Waals surface area contributed by atoms with Gasteiger partial charge in [-0.15, -0.1) is 11.3 Å². The number of hydrogen-bond acceptors (Lipinski definition) is 6. The molecular weight excluding hydrogens is 252 g/mol. The minimum absolute atomic E-state index is 0.0632. The van der Waals surface area contributed by atoms with Crippen LogP contribution in [0.1, 0.15) is 11.4 Å². The first-order chi connectivity index (χ1) is 8.54. The maximum absolute atomic E-state index is 11.7. The number of nitrogens with zero attached hydrogens (tertiary/aromatic N) is 2. The molecule has 94 valence electrons. The highest BCUT2D eigenvalue weighted by atomic mass is 32.1. The second-order valence-electron chi connectivity index (χ2n) is 3.72. The number of carbonyl (C=O) groups is 1. The number of aryl methyl sites for hydroxylation is 1. The average Bonchev–Trinajstić information content (AvgIpc) is 2.69. The number of hydrogen-bond donors (Lipinski definition) is 3. The molecule has 0 atom stereocenters. The number of carbonyl (C=O) groups excluding carboxylic acids is 1. The summed E-state index contributed by atoms with van der Waals surface area (Å²) in [5, 5.41) is 14.2. The van der Waals surface area contributed by atoms with Crippen molar-refractivity contribution < 1.29 is 9.90 Å². The highest BCUT2D eigenvalue weighted by Crippen LogP contribution is 2.20. The van der Waals surface area contributed by atoms with Gasteiger partial charge in [-0.25, -0.2) is 9.97 Å². The number of nitrogen functional groups attached to an aromatic ring is 1. The van der Waals surface area contributed by atoms with Crippen LogP contribution in [0.3, 0.4) is 0 Å². The molecule has 0 aromatic carbocycles. The molecule has 0 bridgehead atoms. The van der Waals surface area contributed by atoms with E-state index in [-0.39, 0.29) is 23.9 Å². The molecule has 2 rings (SSSR count). The van der Waals surface area contributed by atoms with Crippen LogP contribution in [0.15, 0.2) is 17.5 Å². The molecule has 1 amide bonds. The fraction of sp³-hybridized carbons (Fsp3) is 0.182. The molecule has 7 heteroatoms. The van der Waals surface area contributed by atoms with Crippen LogP contribution in [0.4, 0.5) is 10.9 Å². The standard InChI is InChI=1S/C11H12N4O2S/c1-6-2-3-8(16)10(13-6)15-9(17)4-7-5-18-11(12)14-7/h2-3,5,16H,4H2,1H3,(H2,12,14)(H,13,15,17). The molecule has 0 saturated carbocycles. The molecule has 0 unspecified atom stereocenters. The molecule has 4 N–H and O–H groups in total. The van der Waals surface area contributed by atoms with Gasteiger partial charge in [0.15, 0.2) is 16.7 Å². The molecule has 18 heavy (non-hydrogen) atoms. The van der Waals surface area contributed by atoms with Gasteiger partial charge in [0.25, 0.3) is 0 Å². The molecule has 0 fully saturated rings. The van der Waals surface area contributed by atoms with Gasteiger partial charge in [-0.05, 0) is 19.1 Å². The molecule has 2 aromatic heterocycles. The Labute approximate surface area is 108 Å². The van der Waals surface area contributed by atoms with Gasteiger partial charge < -0.3 is 16.2 Å². The molecule has 6 nitrogen and oxygen atoms in total. The maximum atomic E-state index is 11.7. The predicted octanol–water partition coefficient (Wildman–Crippen LogP) is 1.32. The van der Waals surface area contributed by atoms with Gasteiger partial charge in [-0.3, -0.25) is 4.79 Å². The zero-order valence-corrected chi connectivity index (χ0v) is 10.5. The van der Waals surface area contributed by atoms with Crippen molar-refractivity contribution in [1.82, 2.24) is 9.97 Å². The summed E-state index contributed by atoms with van der Waals surface area (Å²) in [5.74, 6) is -0.205. The zero-order valence-electron chi connectivity index (χ0n) is 9.67. The van der Waals surface area contributed by atoms with Gasteiger partial charge in [-0.2, -0.15) is 0 Å². The van der Waals surface area contributed by atoms with Crippen molar-refractivity contribution in [1.29, 1.82) is 0 Å². The van der Waals surface area contributed by atoms with E-state index in [1.54, 1.807) is 18.4 Å². The minimum Gasteiger partial charge on any atom is -0.504 e. The molecule has 0 saturated heterocycles. The Morgan fingerprint density at radius 1 is 1.50 bits per heavy atom. The second kappa shape index (κ2) is 5.01. The summed E-state index contributed by atoms with van der Waals surface area (Å²) in [5.41, 5.74) is 6.78. The lowest BCUT2D eigenvalue weighted by Crippen LogP contribution is -2.15. The van der Waals surface area contributed by atoms with Gasteiger partial charge in [0, 0.05) is 11.1 Å². The molecule has 0 spiro atoms. The number of aromatic nitrogens is 2. The number of aromatic hydroxyl groups is 1. The topological polar surface area (TPSA) is 101 Å². The Morgan fingerprint density at radius 3 is 2.94 bits per heavy atom. The van der Waals surface area contributed by atoms with E-state index in [2.05, 4.69) is 15.3 Å².